The molecule has 4 heterocycles. The lowest BCUT2D eigenvalue weighted by molar-refractivity contribution is 0.586. The van der Waals surface area contributed by atoms with E-state index < -0.39 is 0 Å². The molecule has 4 rings (SSSR count). The number of hydrogen-bond acceptors (Lipinski definition) is 6. The van der Waals surface area contributed by atoms with Crippen molar-refractivity contribution in [2.24, 2.45) is 13.0 Å². The zero-order valence-corrected chi connectivity index (χ0v) is 15.4. The zero-order valence-electron chi connectivity index (χ0n) is 14.6. The lowest BCUT2D eigenvalue weighted by Gasteiger charge is -2.13. The van der Waals surface area contributed by atoms with Gasteiger partial charge in [0.25, 0.3) is 5.56 Å². The molecule has 0 spiro atoms. The maximum absolute atomic E-state index is 12.2. The van der Waals surface area contributed by atoms with Gasteiger partial charge in [-0.3, -0.25) is 9.48 Å². The van der Waals surface area contributed by atoms with Gasteiger partial charge in [0.05, 0.1) is 6.20 Å². The van der Waals surface area contributed by atoms with Gasteiger partial charge in [-0.05, 0) is 30.7 Å². The maximum Gasteiger partial charge on any atom is 0.275 e. The van der Waals surface area contributed by atoms with Crippen LogP contribution in [0.3, 0.4) is 0 Å². The second-order valence-corrected chi connectivity index (χ2v) is 7.68. The zero-order chi connectivity index (χ0) is 17.4. The van der Waals surface area contributed by atoms with Crippen LogP contribution in [0.1, 0.15) is 31.0 Å². The molecule has 7 nitrogen and oxygen atoms in total. The van der Waals surface area contributed by atoms with Crippen molar-refractivity contribution in [3.63, 3.8) is 0 Å². The third kappa shape index (κ3) is 3.30. The van der Waals surface area contributed by atoms with Gasteiger partial charge < -0.3 is 4.90 Å². The van der Waals surface area contributed by atoms with Crippen molar-refractivity contribution in [1.29, 1.82) is 0 Å². The van der Waals surface area contributed by atoms with Gasteiger partial charge in [0.2, 0.25) is 10.1 Å². The van der Waals surface area contributed by atoms with Crippen LogP contribution >= 0.6 is 11.3 Å². The Morgan fingerprint density at radius 2 is 2.28 bits per heavy atom. The summed E-state index contributed by atoms with van der Waals surface area (Å²) >= 11 is 1.51. The van der Waals surface area contributed by atoms with Crippen molar-refractivity contribution in [2.75, 3.05) is 18.0 Å². The second kappa shape index (κ2) is 6.59. The molecule has 0 amide bonds. The Bertz CT molecular complexity index is 942. The minimum absolute atomic E-state index is 0.0814. The van der Waals surface area contributed by atoms with Crippen molar-refractivity contribution in [3.8, 4) is 0 Å². The number of rotatable bonds is 5. The van der Waals surface area contributed by atoms with Crippen LogP contribution in [0, 0.1) is 5.92 Å². The molecule has 3 aromatic rings. The van der Waals surface area contributed by atoms with E-state index in [0.29, 0.717) is 10.9 Å². The Labute approximate surface area is 149 Å². The summed E-state index contributed by atoms with van der Waals surface area (Å²) in [6.45, 7) is 4.03. The van der Waals surface area contributed by atoms with Gasteiger partial charge in [-0.15, -0.1) is 5.10 Å². The maximum atomic E-state index is 12.2. The van der Waals surface area contributed by atoms with Gasteiger partial charge in [0.15, 0.2) is 0 Å². The fourth-order valence-electron chi connectivity index (χ4n) is 3.44. The molecule has 25 heavy (non-hydrogen) atoms. The van der Waals surface area contributed by atoms with Crippen molar-refractivity contribution >= 4 is 21.4 Å². The minimum atomic E-state index is -0.0814. The van der Waals surface area contributed by atoms with Crippen molar-refractivity contribution in [3.05, 3.63) is 40.1 Å². The topological polar surface area (TPSA) is 68.3 Å². The third-order valence-corrected chi connectivity index (χ3v) is 5.60. The first-order chi connectivity index (χ1) is 12.1. The van der Waals surface area contributed by atoms with Gasteiger partial charge >= 0.3 is 0 Å². The predicted octanol–water partition coefficient (Wildman–Crippen LogP) is 1.91. The summed E-state index contributed by atoms with van der Waals surface area (Å²) in [6.07, 6.45) is 8.01. The molecule has 0 aliphatic carbocycles. The molecule has 8 heteroatoms. The summed E-state index contributed by atoms with van der Waals surface area (Å²) in [5.41, 5.74) is 2.06. The van der Waals surface area contributed by atoms with Crippen LogP contribution < -0.4 is 10.5 Å². The highest BCUT2D eigenvalue weighted by Crippen LogP contribution is 2.29. The summed E-state index contributed by atoms with van der Waals surface area (Å²) in [6, 6.07) is 1.61. The Balaban J connectivity index is 1.52. The van der Waals surface area contributed by atoms with Gasteiger partial charge in [0, 0.05) is 38.1 Å². The average molecular weight is 358 g/mol. The molecule has 1 aliphatic heterocycles. The van der Waals surface area contributed by atoms with Crippen LogP contribution in [-0.4, -0.2) is 37.5 Å². The quantitative estimate of drug-likeness (QED) is 0.697. The fraction of sp³-hybridized carbons (Fsp3) is 0.529. The number of nitrogens with zero attached hydrogens (tertiary/aromatic N) is 6. The highest BCUT2D eigenvalue weighted by atomic mass is 32.1. The number of anilines is 1. The van der Waals surface area contributed by atoms with E-state index in [1.807, 2.05) is 17.9 Å². The summed E-state index contributed by atoms with van der Waals surface area (Å²) in [7, 11) is 1.95. The second-order valence-electron chi connectivity index (χ2n) is 6.74. The SMILES string of the molecule is CCCc1cc(=O)n2nc(N3CCC(Cc4cnn(C)c4)C3)sc2n1. The molecular formula is C17H22N6OS. The van der Waals surface area contributed by atoms with E-state index in [-0.39, 0.29) is 5.56 Å². The molecule has 1 saturated heterocycles. The van der Waals surface area contributed by atoms with Gasteiger partial charge in [0.1, 0.15) is 0 Å². The fourth-order valence-corrected chi connectivity index (χ4v) is 4.40. The largest absolute Gasteiger partial charge is 0.346 e. The van der Waals surface area contributed by atoms with E-state index in [0.717, 1.165) is 49.6 Å². The monoisotopic (exact) mass is 358 g/mol. The highest BCUT2D eigenvalue weighted by Gasteiger charge is 2.26. The summed E-state index contributed by atoms with van der Waals surface area (Å²) in [5.74, 6) is 0.594. The third-order valence-electron chi connectivity index (χ3n) is 4.63. The Kier molecular flexibility index (Phi) is 4.29. The molecule has 0 bridgehead atoms. The molecule has 132 valence electrons. The standard InChI is InChI=1S/C17H22N6OS/c1-3-4-14-8-15(24)23-16(19-14)25-17(20-23)22-6-5-12(11-22)7-13-9-18-21(2)10-13/h8-10,12H,3-7,11H2,1-2H3. The molecule has 0 N–H and O–H groups in total. The molecule has 0 saturated carbocycles. The van der Waals surface area contributed by atoms with Crippen LogP contribution in [0.15, 0.2) is 23.3 Å². The number of hydrogen-bond donors (Lipinski definition) is 0. The van der Waals surface area contributed by atoms with E-state index in [1.54, 1.807) is 6.07 Å². The Morgan fingerprint density at radius 3 is 3.04 bits per heavy atom. The van der Waals surface area contributed by atoms with E-state index in [4.69, 9.17) is 0 Å². The molecule has 3 aromatic heterocycles. The first kappa shape index (κ1) is 16.3. The average Bonchev–Trinajstić information content (AvgIpc) is 3.28. The van der Waals surface area contributed by atoms with Crippen LogP contribution in [0.5, 0.6) is 0 Å². The number of aromatic nitrogens is 5. The lowest BCUT2D eigenvalue weighted by Crippen LogP contribution is -2.21. The normalized spacial score (nSPS) is 17.7. The summed E-state index contributed by atoms with van der Waals surface area (Å²) in [5, 5.41) is 9.65. The van der Waals surface area contributed by atoms with Crippen molar-refractivity contribution in [2.45, 2.75) is 32.6 Å². The lowest BCUT2D eigenvalue weighted by atomic mass is 10.0. The highest BCUT2D eigenvalue weighted by molar-refractivity contribution is 7.20. The number of aryl methyl sites for hydroxylation is 2. The van der Waals surface area contributed by atoms with Crippen LogP contribution in [0.25, 0.3) is 4.96 Å². The Hall–Kier alpha value is -2.22. The molecule has 0 radical (unpaired) electrons. The van der Waals surface area contributed by atoms with Crippen molar-refractivity contribution < 1.29 is 0 Å². The van der Waals surface area contributed by atoms with Gasteiger partial charge in [-0.1, -0.05) is 24.7 Å². The molecule has 1 fully saturated rings. The summed E-state index contributed by atoms with van der Waals surface area (Å²) in [4.78, 5) is 19.8. The first-order valence-corrected chi connectivity index (χ1v) is 9.56. The van der Waals surface area contributed by atoms with Crippen LogP contribution in [0.4, 0.5) is 5.13 Å². The number of fused-ring (bicyclic) bond motifs is 1. The smallest absolute Gasteiger partial charge is 0.275 e. The van der Waals surface area contributed by atoms with E-state index in [1.165, 1.54) is 21.4 Å². The minimum Gasteiger partial charge on any atom is -0.346 e. The molecule has 1 atom stereocenters. The Morgan fingerprint density at radius 1 is 1.40 bits per heavy atom. The van der Waals surface area contributed by atoms with E-state index >= 15 is 0 Å². The molecule has 0 aromatic carbocycles. The first-order valence-electron chi connectivity index (χ1n) is 8.74. The van der Waals surface area contributed by atoms with Gasteiger partial charge in [-0.25, -0.2) is 4.98 Å². The van der Waals surface area contributed by atoms with E-state index in [9.17, 15) is 4.79 Å². The molecule has 1 unspecified atom stereocenters. The molecular weight excluding hydrogens is 336 g/mol. The molecule has 1 aliphatic rings. The summed E-state index contributed by atoms with van der Waals surface area (Å²) < 4.78 is 3.29. The predicted molar refractivity (Wildman–Crippen MR) is 98.4 cm³/mol. The van der Waals surface area contributed by atoms with Gasteiger partial charge in [-0.2, -0.15) is 9.61 Å². The van der Waals surface area contributed by atoms with Crippen molar-refractivity contribution in [1.82, 2.24) is 24.4 Å². The van der Waals surface area contributed by atoms with E-state index in [2.05, 4.69) is 33.2 Å². The van der Waals surface area contributed by atoms with Crippen LogP contribution in [-0.2, 0) is 19.9 Å². The van der Waals surface area contributed by atoms with Crippen LogP contribution in [0.2, 0.25) is 0 Å².